The first-order valence-electron chi connectivity index (χ1n) is 6.61. The first-order valence-corrected chi connectivity index (χ1v) is 10.3. The maximum atomic E-state index is 4.25. The topological polar surface area (TPSA) is 34.0 Å². The minimum Gasteiger partial charge on any atom is -0.283 e. The zero-order chi connectivity index (χ0) is 13.9. The van der Waals surface area contributed by atoms with Gasteiger partial charge in [0.15, 0.2) is 0 Å². The van der Waals surface area contributed by atoms with Crippen molar-refractivity contribution in [3.8, 4) is 0 Å². The number of nitrogens with zero attached hydrogens (tertiary/aromatic N) is 4. The first-order chi connectivity index (χ1) is 8.99. The number of fused-ring (bicyclic) bond motifs is 1. The molecular weight excluding hydrogens is 252 g/mol. The summed E-state index contributed by atoms with van der Waals surface area (Å²) in [5.74, 6) is 0. The summed E-state index contributed by atoms with van der Waals surface area (Å²) in [4.78, 5) is 2.39. The average Bonchev–Trinajstić information content (AvgIpc) is 2.71. The molecule has 0 radical (unpaired) electrons. The van der Waals surface area contributed by atoms with Gasteiger partial charge in [0, 0.05) is 6.54 Å². The van der Waals surface area contributed by atoms with Gasteiger partial charge in [-0.1, -0.05) is 43.1 Å². The van der Waals surface area contributed by atoms with Crippen LogP contribution < -0.4 is 0 Å². The number of benzene rings is 1. The third-order valence-electron chi connectivity index (χ3n) is 2.84. The van der Waals surface area contributed by atoms with E-state index in [9.17, 15) is 0 Å². The Labute approximate surface area is 115 Å². The van der Waals surface area contributed by atoms with Crippen molar-refractivity contribution < 1.29 is 0 Å². The zero-order valence-electron chi connectivity index (χ0n) is 12.0. The minimum absolute atomic E-state index is 0.775. The van der Waals surface area contributed by atoms with Gasteiger partial charge >= 0.3 is 0 Å². The van der Waals surface area contributed by atoms with Gasteiger partial charge in [0.2, 0.25) is 0 Å². The van der Waals surface area contributed by atoms with E-state index in [1.54, 1.807) is 0 Å². The molecule has 0 amide bonds. The smallest absolute Gasteiger partial charge is 0.113 e. The van der Waals surface area contributed by atoms with E-state index in [2.05, 4.69) is 47.5 Å². The molecule has 4 nitrogen and oxygen atoms in total. The van der Waals surface area contributed by atoms with E-state index in [1.807, 2.05) is 29.0 Å². The van der Waals surface area contributed by atoms with Crippen LogP contribution in [-0.2, 0) is 6.67 Å². The third-order valence-corrected chi connectivity index (χ3v) is 4.24. The molecule has 0 unspecified atom stereocenters. The van der Waals surface area contributed by atoms with Crippen LogP contribution in [0.15, 0.2) is 36.9 Å². The van der Waals surface area contributed by atoms with Crippen molar-refractivity contribution in [3.63, 3.8) is 0 Å². The Morgan fingerprint density at radius 2 is 2.05 bits per heavy atom. The number of aromatic nitrogens is 3. The fourth-order valence-corrected chi connectivity index (χ4v) is 3.81. The lowest BCUT2D eigenvalue weighted by Gasteiger charge is -2.27. The van der Waals surface area contributed by atoms with Crippen molar-refractivity contribution in [2.45, 2.75) is 26.3 Å². The Morgan fingerprint density at radius 1 is 1.32 bits per heavy atom. The maximum absolute atomic E-state index is 4.25. The molecule has 2 aromatic rings. The highest BCUT2D eigenvalue weighted by atomic mass is 28.3. The normalized spacial score (nSPS) is 12.2. The second kappa shape index (κ2) is 5.67. The summed E-state index contributed by atoms with van der Waals surface area (Å²) in [6.45, 7) is 12.6. The van der Waals surface area contributed by atoms with Gasteiger partial charge in [0.25, 0.3) is 0 Å². The number of hydrogen-bond acceptors (Lipinski definition) is 3. The summed E-state index contributed by atoms with van der Waals surface area (Å²) in [5.41, 5.74) is 2.04. The summed E-state index contributed by atoms with van der Waals surface area (Å²) in [5, 5.41) is 8.45. The zero-order valence-corrected chi connectivity index (χ0v) is 13.0. The molecule has 0 N–H and O–H groups in total. The second-order valence-corrected chi connectivity index (χ2v) is 11.5. The standard InChI is InChI=1S/C14H22N4Si/c1-5-10-17(12-19(2,3)4)11-18-14-9-7-6-8-13(14)15-16-18/h5-9H,1,10-12H2,2-4H3. The van der Waals surface area contributed by atoms with Crippen LogP contribution in [0.5, 0.6) is 0 Å². The molecule has 0 saturated carbocycles. The first kappa shape index (κ1) is 14.0. The molecule has 102 valence electrons. The van der Waals surface area contributed by atoms with Gasteiger partial charge in [-0.05, 0) is 18.3 Å². The predicted octanol–water partition coefficient (Wildman–Crippen LogP) is 2.75. The molecule has 0 aliphatic carbocycles. The molecule has 0 aliphatic heterocycles. The van der Waals surface area contributed by atoms with Crippen molar-refractivity contribution in [2.75, 3.05) is 12.7 Å². The molecule has 0 bridgehead atoms. The molecule has 5 heteroatoms. The van der Waals surface area contributed by atoms with Crippen molar-refractivity contribution in [1.82, 2.24) is 19.9 Å². The summed E-state index contributed by atoms with van der Waals surface area (Å²) in [6.07, 6.45) is 3.09. The van der Waals surface area contributed by atoms with Gasteiger partial charge < -0.3 is 0 Å². The molecule has 0 saturated heterocycles. The van der Waals surface area contributed by atoms with Crippen molar-refractivity contribution in [1.29, 1.82) is 0 Å². The van der Waals surface area contributed by atoms with E-state index in [0.29, 0.717) is 0 Å². The summed E-state index contributed by atoms with van der Waals surface area (Å²) in [7, 11) is -1.14. The summed E-state index contributed by atoms with van der Waals surface area (Å²) in [6, 6.07) is 8.08. The Kier molecular flexibility index (Phi) is 4.16. The Morgan fingerprint density at radius 3 is 2.74 bits per heavy atom. The molecule has 19 heavy (non-hydrogen) atoms. The lowest BCUT2D eigenvalue weighted by Crippen LogP contribution is -2.41. The third kappa shape index (κ3) is 3.75. The predicted molar refractivity (Wildman–Crippen MR) is 82.6 cm³/mol. The van der Waals surface area contributed by atoms with E-state index < -0.39 is 8.07 Å². The van der Waals surface area contributed by atoms with E-state index >= 15 is 0 Å². The van der Waals surface area contributed by atoms with Gasteiger partial charge in [-0.25, -0.2) is 4.68 Å². The fourth-order valence-electron chi connectivity index (χ4n) is 2.24. The average molecular weight is 274 g/mol. The molecule has 0 aliphatic rings. The van der Waals surface area contributed by atoms with Crippen LogP contribution in [0.4, 0.5) is 0 Å². The van der Waals surface area contributed by atoms with Gasteiger partial charge in [-0.2, -0.15) is 0 Å². The van der Waals surface area contributed by atoms with Crippen LogP contribution in [-0.4, -0.2) is 40.7 Å². The summed E-state index contributed by atoms with van der Waals surface area (Å²) >= 11 is 0. The molecule has 1 aromatic carbocycles. The molecule has 1 aromatic heterocycles. The molecule has 0 spiro atoms. The van der Waals surface area contributed by atoms with Gasteiger partial charge in [-0.3, -0.25) is 4.90 Å². The lowest BCUT2D eigenvalue weighted by atomic mass is 10.3. The summed E-state index contributed by atoms with van der Waals surface area (Å²) < 4.78 is 1.97. The van der Waals surface area contributed by atoms with E-state index in [4.69, 9.17) is 0 Å². The number of rotatable bonds is 6. The molecule has 0 atom stereocenters. The van der Waals surface area contributed by atoms with Crippen LogP contribution in [0.1, 0.15) is 0 Å². The fraction of sp³-hybridized carbons (Fsp3) is 0.429. The molecule has 0 fully saturated rings. The quantitative estimate of drug-likeness (QED) is 0.600. The SMILES string of the molecule is C=CCN(Cn1nnc2ccccc21)C[Si](C)(C)C. The second-order valence-electron chi connectivity index (χ2n) is 6.08. The Balaban J connectivity index is 2.18. The number of para-hydroxylation sites is 1. The monoisotopic (exact) mass is 274 g/mol. The van der Waals surface area contributed by atoms with Crippen molar-refractivity contribution in [2.24, 2.45) is 0 Å². The highest BCUT2D eigenvalue weighted by Crippen LogP contribution is 2.12. The van der Waals surface area contributed by atoms with Crippen molar-refractivity contribution in [3.05, 3.63) is 36.9 Å². The largest absolute Gasteiger partial charge is 0.283 e. The van der Waals surface area contributed by atoms with E-state index in [1.165, 1.54) is 0 Å². The van der Waals surface area contributed by atoms with Crippen LogP contribution >= 0.6 is 0 Å². The Bertz CT molecular complexity index is 556. The lowest BCUT2D eigenvalue weighted by molar-refractivity contribution is 0.263. The van der Waals surface area contributed by atoms with Gasteiger partial charge in [-0.15, -0.1) is 11.7 Å². The molecule has 2 rings (SSSR count). The van der Waals surface area contributed by atoms with Crippen LogP contribution in [0, 0.1) is 0 Å². The maximum Gasteiger partial charge on any atom is 0.113 e. The van der Waals surface area contributed by atoms with Gasteiger partial charge in [0.05, 0.1) is 20.3 Å². The number of hydrogen-bond donors (Lipinski definition) is 0. The van der Waals surface area contributed by atoms with Crippen LogP contribution in [0.3, 0.4) is 0 Å². The Hall–Kier alpha value is -1.46. The van der Waals surface area contributed by atoms with E-state index in [0.717, 1.165) is 30.4 Å². The molecule has 1 heterocycles. The van der Waals surface area contributed by atoms with Crippen LogP contribution in [0.2, 0.25) is 19.6 Å². The highest BCUT2D eigenvalue weighted by Gasteiger charge is 2.18. The van der Waals surface area contributed by atoms with Gasteiger partial charge in [0.1, 0.15) is 5.52 Å². The highest BCUT2D eigenvalue weighted by molar-refractivity contribution is 6.76. The van der Waals surface area contributed by atoms with Crippen molar-refractivity contribution >= 4 is 19.1 Å². The molecular formula is C14H22N4Si. The minimum atomic E-state index is -1.14. The van der Waals surface area contributed by atoms with E-state index in [-0.39, 0.29) is 0 Å². The van der Waals surface area contributed by atoms with Crippen LogP contribution in [0.25, 0.3) is 11.0 Å².